The van der Waals surface area contributed by atoms with Crippen LogP contribution in [0.1, 0.15) is 25.1 Å². The standard InChI is InChI=1S/C22H25N7O2/c1-31-9-8-28-14-17(12-24-28)16-3-5-18(6-4-16)29-22-20(26-27-29)13-23-21(25-22)11-15-2-7-19(30)10-15/h3-6,12-15,19,30H,2,7-11H2,1H3/t15-,19-/m1/s1. The average molecular weight is 419 g/mol. The minimum atomic E-state index is -0.188. The van der Waals surface area contributed by atoms with Crippen LogP contribution in [0.25, 0.3) is 28.0 Å². The molecule has 0 amide bonds. The van der Waals surface area contributed by atoms with Gasteiger partial charge in [-0.15, -0.1) is 5.10 Å². The van der Waals surface area contributed by atoms with Gasteiger partial charge in [0.2, 0.25) is 0 Å². The maximum absolute atomic E-state index is 9.78. The normalized spacial score (nSPS) is 18.8. The molecule has 3 heterocycles. The molecule has 0 aliphatic heterocycles. The summed E-state index contributed by atoms with van der Waals surface area (Å²) >= 11 is 0. The number of methoxy groups -OCH3 is 1. The summed E-state index contributed by atoms with van der Waals surface area (Å²) in [5, 5.41) is 22.7. The fourth-order valence-electron chi connectivity index (χ4n) is 4.14. The molecule has 0 spiro atoms. The average Bonchev–Trinajstić information content (AvgIpc) is 3.52. The molecule has 0 unspecified atom stereocenters. The van der Waals surface area contributed by atoms with Crippen LogP contribution in [-0.2, 0) is 17.7 Å². The van der Waals surface area contributed by atoms with Crippen molar-refractivity contribution in [3.8, 4) is 16.8 Å². The van der Waals surface area contributed by atoms with Crippen molar-refractivity contribution in [1.82, 2.24) is 34.7 Å². The zero-order valence-electron chi connectivity index (χ0n) is 17.4. The molecule has 1 aliphatic rings. The van der Waals surface area contributed by atoms with E-state index in [0.29, 0.717) is 23.7 Å². The van der Waals surface area contributed by atoms with Gasteiger partial charge in [-0.1, -0.05) is 17.3 Å². The van der Waals surface area contributed by atoms with E-state index in [1.54, 1.807) is 18.0 Å². The van der Waals surface area contributed by atoms with E-state index in [-0.39, 0.29) is 6.10 Å². The minimum absolute atomic E-state index is 0.188. The van der Waals surface area contributed by atoms with E-state index in [2.05, 4.69) is 20.4 Å². The lowest BCUT2D eigenvalue weighted by Crippen LogP contribution is -2.07. The number of rotatable bonds is 7. The molecule has 5 rings (SSSR count). The summed E-state index contributed by atoms with van der Waals surface area (Å²) < 4.78 is 8.73. The lowest BCUT2D eigenvalue weighted by atomic mass is 10.0. The first kappa shape index (κ1) is 19.8. The molecule has 1 aromatic carbocycles. The van der Waals surface area contributed by atoms with Crippen molar-refractivity contribution in [2.45, 2.75) is 38.3 Å². The lowest BCUT2D eigenvalue weighted by molar-refractivity contribution is 0.177. The quantitative estimate of drug-likeness (QED) is 0.491. The van der Waals surface area contributed by atoms with Crippen molar-refractivity contribution in [3.05, 3.63) is 48.7 Å². The molecular formula is C22H25N7O2. The zero-order valence-corrected chi connectivity index (χ0v) is 17.4. The van der Waals surface area contributed by atoms with Crippen LogP contribution in [0, 0.1) is 5.92 Å². The van der Waals surface area contributed by atoms with Crippen molar-refractivity contribution in [3.63, 3.8) is 0 Å². The Morgan fingerprint density at radius 2 is 2.00 bits per heavy atom. The Hall–Kier alpha value is -3.17. The van der Waals surface area contributed by atoms with Gasteiger partial charge in [0.25, 0.3) is 0 Å². The van der Waals surface area contributed by atoms with Gasteiger partial charge in [0, 0.05) is 25.3 Å². The van der Waals surface area contributed by atoms with E-state index in [4.69, 9.17) is 9.72 Å². The highest BCUT2D eigenvalue weighted by Crippen LogP contribution is 2.28. The fraction of sp³-hybridized carbons (Fsp3) is 0.409. The van der Waals surface area contributed by atoms with Crippen molar-refractivity contribution in [2.24, 2.45) is 5.92 Å². The Balaban J connectivity index is 1.37. The number of benzene rings is 1. The molecule has 1 fully saturated rings. The first-order valence-electron chi connectivity index (χ1n) is 10.6. The molecule has 0 bridgehead atoms. The molecule has 0 radical (unpaired) electrons. The summed E-state index contributed by atoms with van der Waals surface area (Å²) in [5.41, 5.74) is 4.38. The van der Waals surface area contributed by atoms with E-state index in [1.165, 1.54) is 0 Å². The highest BCUT2D eigenvalue weighted by Gasteiger charge is 2.24. The van der Waals surface area contributed by atoms with Gasteiger partial charge in [-0.2, -0.15) is 9.78 Å². The van der Waals surface area contributed by atoms with Gasteiger partial charge >= 0.3 is 0 Å². The highest BCUT2D eigenvalue weighted by atomic mass is 16.5. The molecule has 0 saturated heterocycles. The predicted molar refractivity (Wildman–Crippen MR) is 115 cm³/mol. The molecular weight excluding hydrogens is 394 g/mol. The number of hydrogen-bond donors (Lipinski definition) is 1. The van der Waals surface area contributed by atoms with E-state index >= 15 is 0 Å². The molecule has 1 saturated carbocycles. The van der Waals surface area contributed by atoms with Gasteiger partial charge in [0.15, 0.2) is 11.2 Å². The van der Waals surface area contributed by atoms with Crippen LogP contribution in [-0.4, -0.2) is 59.7 Å². The molecule has 3 aromatic heterocycles. The van der Waals surface area contributed by atoms with Gasteiger partial charge in [0.05, 0.1) is 37.3 Å². The fourth-order valence-corrected chi connectivity index (χ4v) is 4.14. The molecule has 9 heteroatoms. The van der Waals surface area contributed by atoms with E-state index in [9.17, 15) is 5.11 Å². The number of aromatic nitrogens is 7. The van der Waals surface area contributed by atoms with E-state index in [0.717, 1.165) is 54.9 Å². The molecule has 1 aliphatic carbocycles. The van der Waals surface area contributed by atoms with Crippen LogP contribution in [0.15, 0.2) is 42.9 Å². The lowest BCUT2D eigenvalue weighted by Gasteiger charge is -2.08. The highest BCUT2D eigenvalue weighted by molar-refractivity contribution is 5.71. The Kier molecular flexibility index (Phi) is 5.44. The van der Waals surface area contributed by atoms with Gasteiger partial charge < -0.3 is 9.84 Å². The third-order valence-corrected chi connectivity index (χ3v) is 5.83. The Labute approximate surface area is 179 Å². The van der Waals surface area contributed by atoms with Crippen LogP contribution >= 0.6 is 0 Å². The molecule has 9 nitrogen and oxygen atoms in total. The maximum atomic E-state index is 9.78. The molecule has 31 heavy (non-hydrogen) atoms. The summed E-state index contributed by atoms with van der Waals surface area (Å²) in [5.74, 6) is 1.20. The van der Waals surface area contributed by atoms with Crippen LogP contribution in [0.4, 0.5) is 0 Å². The summed E-state index contributed by atoms with van der Waals surface area (Å²) in [6.07, 6.45) is 8.88. The molecule has 4 aromatic rings. The Morgan fingerprint density at radius 1 is 1.13 bits per heavy atom. The predicted octanol–water partition coefficient (Wildman–Crippen LogP) is 2.42. The zero-order chi connectivity index (χ0) is 21.2. The Bertz CT molecular complexity index is 1170. The summed E-state index contributed by atoms with van der Waals surface area (Å²) in [7, 11) is 1.68. The third kappa shape index (κ3) is 4.19. The second kappa shape index (κ2) is 8.52. The SMILES string of the molecule is COCCn1cc(-c2ccc(-n3nnc4cnc(C[C@@H]5CC[C@@H](O)C5)nc43)cc2)cn1. The topological polar surface area (TPSA) is 104 Å². The maximum Gasteiger partial charge on any atom is 0.187 e. The van der Waals surface area contributed by atoms with Gasteiger partial charge in [0.1, 0.15) is 5.82 Å². The number of hydrogen-bond acceptors (Lipinski definition) is 7. The van der Waals surface area contributed by atoms with E-state index < -0.39 is 0 Å². The van der Waals surface area contributed by atoms with Crippen LogP contribution in [0.2, 0.25) is 0 Å². The number of aliphatic hydroxyl groups excluding tert-OH is 1. The van der Waals surface area contributed by atoms with Crippen molar-refractivity contribution in [1.29, 1.82) is 0 Å². The minimum Gasteiger partial charge on any atom is -0.393 e. The van der Waals surface area contributed by atoms with Crippen molar-refractivity contribution < 1.29 is 9.84 Å². The summed E-state index contributed by atoms with van der Waals surface area (Å²) in [4.78, 5) is 9.19. The molecule has 160 valence electrons. The largest absolute Gasteiger partial charge is 0.393 e. The van der Waals surface area contributed by atoms with Crippen molar-refractivity contribution >= 4 is 11.2 Å². The second-order valence-electron chi connectivity index (χ2n) is 8.07. The molecule has 1 N–H and O–H groups in total. The monoisotopic (exact) mass is 419 g/mol. The van der Waals surface area contributed by atoms with Crippen LogP contribution in [0.3, 0.4) is 0 Å². The molecule has 2 atom stereocenters. The van der Waals surface area contributed by atoms with E-state index in [1.807, 2.05) is 41.3 Å². The van der Waals surface area contributed by atoms with Gasteiger partial charge in [-0.3, -0.25) is 4.68 Å². The second-order valence-corrected chi connectivity index (χ2v) is 8.07. The Morgan fingerprint density at radius 3 is 2.77 bits per heavy atom. The number of ether oxygens (including phenoxy) is 1. The number of aliphatic hydroxyl groups is 1. The van der Waals surface area contributed by atoms with Crippen LogP contribution in [0.5, 0.6) is 0 Å². The summed E-state index contributed by atoms with van der Waals surface area (Å²) in [6, 6.07) is 8.10. The summed E-state index contributed by atoms with van der Waals surface area (Å²) in [6.45, 7) is 1.35. The smallest absolute Gasteiger partial charge is 0.187 e. The van der Waals surface area contributed by atoms with Gasteiger partial charge in [-0.05, 0) is 42.9 Å². The third-order valence-electron chi connectivity index (χ3n) is 5.83. The first-order chi connectivity index (χ1) is 15.2. The van der Waals surface area contributed by atoms with Gasteiger partial charge in [-0.25, -0.2) is 9.97 Å². The van der Waals surface area contributed by atoms with Crippen LogP contribution < -0.4 is 0 Å². The first-order valence-corrected chi connectivity index (χ1v) is 10.6. The van der Waals surface area contributed by atoms with Crippen molar-refractivity contribution in [2.75, 3.05) is 13.7 Å². The number of fused-ring (bicyclic) bond motifs is 1. The number of nitrogens with zero attached hydrogens (tertiary/aromatic N) is 7.